The van der Waals surface area contributed by atoms with E-state index in [4.69, 9.17) is 5.73 Å². The summed E-state index contributed by atoms with van der Waals surface area (Å²) in [7, 11) is 1.91. The first-order valence-corrected chi connectivity index (χ1v) is 7.75. The van der Waals surface area contributed by atoms with Crippen LogP contribution in [0.3, 0.4) is 0 Å². The third-order valence-electron chi connectivity index (χ3n) is 2.69. The van der Waals surface area contributed by atoms with Crippen LogP contribution in [0.2, 0.25) is 0 Å². The number of nitrogens with two attached hydrogens (primary N) is 1. The normalized spacial score (nSPS) is 10.8. The van der Waals surface area contributed by atoms with Crippen molar-refractivity contribution in [3.63, 3.8) is 0 Å². The first kappa shape index (κ1) is 14.0. The molecule has 0 saturated carbocycles. The molecule has 0 atom stereocenters. The predicted molar refractivity (Wildman–Crippen MR) is 85.5 cm³/mol. The van der Waals surface area contributed by atoms with Gasteiger partial charge in [0.05, 0.1) is 6.54 Å². The summed E-state index contributed by atoms with van der Waals surface area (Å²) < 4.78 is 2.63. The van der Waals surface area contributed by atoms with E-state index in [0.29, 0.717) is 18.4 Å². The number of hydrogen-bond acceptors (Lipinski definition) is 7. The molecule has 3 aromatic heterocycles. The molecular weight excluding hydrogens is 354 g/mol. The molecule has 0 radical (unpaired) electrons. The molecule has 2 N–H and O–H groups in total. The zero-order valence-corrected chi connectivity index (χ0v) is 13.5. The highest BCUT2D eigenvalue weighted by molar-refractivity contribution is 9.10. The van der Waals surface area contributed by atoms with Gasteiger partial charge >= 0.3 is 0 Å². The van der Waals surface area contributed by atoms with E-state index in [1.54, 1.807) is 34.5 Å². The lowest BCUT2D eigenvalue weighted by molar-refractivity contribution is 0.779. The number of aromatic nitrogens is 5. The van der Waals surface area contributed by atoms with Crippen LogP contribution < -0.4 is 10.6 Å². The lowest BCUT2D eigenvalue weighted by Crippen LogP contribution is -2.21. The Hall–Kier alpha value is -2.00. The summed E-state index contributed by atoms with van der Waals surface area (Å²) in [5.41, 5.74) is 5.77. The Bertz CT molecular complexity index is 740. The monoisotopic (exact) mass is 365 g/mol. The molecule has 0 fully saturated rings. The van der Waals surface area contributed by atoms with Gasteiger partial charge in [0.15, 0.2) is 0 Å². The Kier molecular flexibility index (Phi) is 3.84. The summed E-state index contributed by atoms with van der Waals surface area (Å²) in [5.74, 6) is 1.09. The van der Waals surface area contributed by atoms with E-state index in [-0.39, 0.29) is 5.95 Å². The first-order valence-electron chi connectivity index (χ1n) is 6.07. The number of anilines is 2. The van der Waals surface area contributed by atoms with E-state index in [0.717, 1.165) is 4.47 Å². The summed E-state index contributed by atoms with van der Waals surface area (Å²) in [4.78, 5) is 15.8. The highest BCUT2D eigenvalue weighted by Gasteiger charge is 2.11. The topological polar surface area (TPSA) is 85.8 Å². The molecule has 108 valence electrons. The molecule has 9 heteroatoms. The maximum absolute atomic E-state index is 5.77. The number of hydrogen-bond donors (Lipinski definition) is 1. The molecule has 0 aliphatic heterocycles. The SMILES string of the molecule is CN(Cc1cc(Br)cs1)c1nc(N)nc(-n2cccn2)n1. The maximum atomic E-state index is 5.77. The number of rotatable bonds is 4. The van der Waals surface area contributed by atoms with Gasteiger partial charge in [0.25, 0.3) is 5.95 Å². The second-order valence-electron chi connectivity index (χ2n) is 4.33. The van der Waals surface area contributed by atoms with Gasteiger partial charge in [-0.25, -0.2) is 4.68 Å². The molecule has 0 aliphatic carbocycles. The van der Waals surface area contributed by atoms with Crippen LogP contribution in [-0.2, 0) is 6.54 Å². The molecule has 0 spiro atoms. The highest BCUT2D eigenvalue weighted by Crippen LogP contribution is 2.22. The van der Waals surface area contributed by atoms with E-state index in [2.05, 4.69) is 42.0 Å². The number of halogens is 1. The Balaban J connectivity index is 1.87. The zero-order chi connectivity index (χ0) is 14.8. The van der Waals surface area contributed by atoms with E-state index >= 15 is 0 Å². The number of nitrogens with zero attached hydrogens (tertiary/aromatic N) is 6. The Morgan fingerprint density at radius 3 is 2.90 bits per heavy atom. The van der Waals surface area contributed by atoms with Crippen LogP contribution in [0.15, 0.2) is 34.4 Å². The molecule has 7 nitrogen and oxygen atoms in total. The summed E-state index contributed by atoms with van der Waals surface area (Å²) in [6.07, 6.45) is 3.42. The standard InChI is InChI=1S/C12H12BrN7S/c1-19(6-9-5-8(13)7-21-9)11-16-10(14)17-12(18-11)20-4-2-3-15-20/h2-5,7H,6H2,1H3,(H2,14,16,17,18). The van der Waals surface area contributed by atoms with Crippen LogP contribution in [-0.4, -0.2) is 31.8 Å². The third-order valence-corrected chi connectivity index (χ3v) is 4.38. The van der Waals surface area contributed by atoms with Gasteiger partial charge in [-0.05, 0) is 28.1 Å². The van der Waals surface area contributed by atoms with Crippen LogP contribution >= 0.6 is 27.3 Å². The van der Waals surface area contributed by atoms with Gasteiger partial charge < -0.3 is 10.6 Å². The molecule has 21 heavy (non-hydrogen) atoms. The number of nitrogen functional groups attached to an aromatic ring is 1. The third kappa shape index (κ3) is 3.19. The van der Waals surface area contributed by atoms with Crippen molar-refractivity contribution in [1.29, 1.82) is 0 Å². The van der Waals surface area contributed by atoms with Crippen LogP contribution in [0.4, 0.5) is 11.9 Å². The van der Waals surface area contributed by atoms with Gasteiger partial charge in [-0.2, -0.15) is 20.1 Å². The summed E-state index contributed by atoms with van der Waals surface area (Å²) in [6.45, 7) is 0.693. The number of thiophene rings is 1. The molecule has 0 aromatic carbocycles. The Morgan fingerprint density at radius 2 is 2.24 bits per heavy atom. The quantitative estimate of drug-likeness (QED) is 0.761. The average molecular weight is 366 g/mol. The van der Waals surface area contributed by atoms with E-state index < -0.39 is 0 Å². The summed E-state index contributed by atoms with van der Waals surface area (Å²) in [5, 5.41) is 6.14. The van der Waals surface area contributed by atoms with Gasteiger partial charge in [-0.3, -0.25) is 0 Å². The lowest BCUT2D eigenvalue weighted by atomic mass is 10.4. The van der Waals surface area contributed by atoms with Crippen LogP contribution in [0.1, 0.15) is 4.88 Å². The molecule has 0 unspecified atom stereocenters. The van der Waals surface area contributed by atoms with Gasteiger partial charge in [-0.15, -0.1) is 11.3 Å². The molecule has 3 aromatic rings. The second kappa shape index (κ2) is 5.78. The van der Waals surface area contributed by atoms with Crippen molar-refractivity contribution in [3.05, 3.63) is 39.3 Å². The molecule has 0 bridgehead atoms. The maximum Gasteiger partial charge on any atom is 0.257 e. The highest BCUT2D eigenvalue weighted by atomic mass is 79.9. The Morgan fingerprint density at radius 1 is 1.38 bits per heavy atom. The second-order valence-corrected chi connectivity index (χ2v) is 6.24. The molecule has 3 heterocycles. The van der Waals surface area contributed by atoms with Gasteiger partial charge in [-0.1, -0.05) is 0 Å². The minimum absolute atomic E-state index is 0.171. The van der Waals surface area contributed by atoms with Crippen molar-refractivity contribution < 1.29 is 0 Å². The minimum atomic E-state index is 0.171. The van der Waals surface area contributed by atoms with Crippen molar-refractivity contribution in [2.75, 3.05) is 17.7 Å². The Labute approximate surface area is 133 Å². The average Bonchev–Trinajstić information content (AvgIpc) is 3.10. The van der Waals surface area contributed by atoms with Crippen molar-refractivity contribution in [2.24, 2.45) is 0 Å². The van der Waals surface area contributed by atoms with E-state index in [1.165, 1.54) is 4.88 Å². The largest absolute Gasteiger partial charge is 0.368 e. The fourth-order valence-corrected chi connectivity index (χ4v) is 3.27. The first-order chi connectivity index (χ1) is 10.1. The molecule has 0 saturated heterocycles. The fraction of sp³-hybridized carbons (Fsp3) is 0.167. The van der Waals surface area contributed by atoms with Crippen molar-refractivity contribution in [1.82, 2.24) is 24.7 Å². The van der Waals surface area contributed by atoms with Crippen molar-refractivity contribution in [3.8, 4) is 5.95 Å². The van der Waals surface area contributed by atoms with Crippen LogP contribution in [0.25, 0.3) is 5.95 Å². The predicted octanol–water partition coefficient (Wildman–Crippen LogP) is 2.10. The van der Waals surface area contributed by atoms with Crippen molar-refractivity contribution in [2.45, 2.75) is 6.54 Å². The van der Waals surface area contributed by atoms with Gasteiger partial charge in [0, 0.05) is 34.2 Å². The lowest BCUT2D eigenvalue weighted by Gasteiger charge is -2.16. The molecule has 3 rings (SSSR count). The summed E-state index contributed by atoms with van der Waals surface area (Å²) >= 11 is 5.12. The fourth-order valence-electron chi connectivity index (χ4n) is 1.77. The molecule has 0 amide bonds. The van der Waals surface area contributed by atoms with Gasteiger partial charge in [0.1, 0.15) is 0 Å². The molecule has 0 aliphatic rings. The summed E-state index contributed by atoms with van der Waals surface area (Å²) in [6, 6.07) is 3.87. The van der Waals surface area contributed by atoms with E-state index in [1.807, 2.05) is 17.3 Å². The minimum Gasteiger partial charge on any atom is -0.368 e. The zero-order valence-electron chi connectivity index (χ0n) is 11.1. The molecular formula is C12H12BrN7S. The van der Waals surface area contributed by atoms with Crippen LogP contribution in [0, 0.1) is 0 Å². The van der Waals surface area contributed by atoms with E-state index in [9.17, 15) is 0 Å². The van der Waals surface area contributed by atoms with Gasteiger partial charge in [0.2, 0.25) is 11.9 Å². The smallest absolute Gasteiger partial charge is 0.257 e. The van der Waals surface area contributed by atoms with Crippen LogP contribution in [0.5, 0.6) is 0 Å². The van der Waals surface area contributed by atoms with Crippen molar-refractivity contribution >= 4 is 39.2 Å².